The van der Waals surface area contributed by atoms with Gasteiger partial charge in [0.05, 0.1) is 7.11 Å². The molecule has 0 saturated carbocycles. The maximum absolute atomic E-state index is 12.3. The Kier molecular flexibility index (Phi) is 6.47. The third-order valence-electron chi connectivity index (χ3n) is 6.21. The fraction of sp³-hybridized carbons (Fsp3) is 0.458. The predicted molar refractivity (Wildman–Crippen MR) is 116 cm³/mol. The lowest BCUT2D eigenvalue weighted by Crippen LogP contribution is -2.48. The van der Waals surface area contributed by atoms with Gasteiger partial charge in [-0.15, -0.1) is 0 Å². The second kappa shape index (κ2) is 9.42. The smallest absolute Gasteiger partial charge is 0.225 e. The average Bonchev–Trinajstić information content (AvgIpc) is 2.78. The zero-order valence-corrected chi connectivity index (χ0v) is 17.3. The molecule has 2 aromatic rings. The Hall–Kier alpha value is -2.37. The van der Waals surface area contributed by atoms with Crippen molar-refractivity contribution >= 4 is 11.6 Å². The summed E-state index contributed by atoms with van der Waals surface area (Å²) in [7, 11) is 1.64. The van der Waals surface area contributed by atoms with Gasteiger partial charge in [-0.1, -0.05) is 24.3 Å². The summed E-state index contributed by atoms with van der Waals surface area (Å²) < 4.78 is 5.15. The Morgan fingerprint density at radius 2 is 1.83 bits per heavy atom. The van der Waals surface area contributed by atoms with Crippen molar-refractivity contribution in [1.82, 2.24) is 9.80 Å². The van der Waals surface area contributed by atoms with E-state index in [-0.39, 0.29) is 5.91 Å². The van der Waals surface area contributed by atoms with E-state index in [1.54, 1.807) is 7.11 Å². The molecule has 29 heavy (non-hydrogen) atoms. The van der Waals surface area contributed by atoms with E-state index >= 15 is 0 Å². The van der Waals surface area contributed by atoms with Gasteiger partial charge in [0.15, 0.2) is 0 Å². The summed E-state index contributed by atoms with van der Waals surface area (Å²) in [5.41, 5.74) is 3.88. The van der Waals surface area contributed by atoms with Crippen LogP contribution in [-0.2, 0) is 11.2 Å². The molecule has 2 aliphatic rings. The molecule has 1 fully saturated rings. The van der Waals surface area contributed by atoms with Crippen LogP contribution < -0.4 is 10.1 Å². The number of hydrogen-bond donors (Lipinski definition) is 1. The number of aryl methyl sites for hydroxylation is 1. The summed E-state index contributed by atoms with van der Waals surface area (Å²) in [6.07, 6.45) is 4.29. The van der Waals surface area contributed by atoms with Crippen molar-refractivity contribution in [3.63, 3.8) is 0 Å². The molecule has 2 aromatic carbocycles. The number of nitrogens with zero attached hydrogens (tertiary/aromatic N) is 2. The number of amides is 1. The highest BCUT2D eigenvalue weighted by Gasteiger charge is 2.28. The Morgan fingerprint density at radius 1 is 1.07 bits per heavy atom. The Morgan fingerprint density at radius 3 is 2.59 bits per heavy atom. The van der Waals surface area contributed by atoms with Crippen LogP contribution in [0.15, 0.2) is 48.5 Å². The molecule has 154 valence electrons. The highest BCUT2D eigenvalue weighted by molar-refractivity contribution is 5.90. The first-order chi connectivity index (χ1) is 14.2. The number of methoxy groups -OCH3 is 1. The summed E-state index contributed by atoms with van der Waals surface area (Å²) in [5.74, 6) is 0.861. The first-order valence-electron chi connectivity index (χ1n) is 10.7. The van der Waals surface area contributed by atoms with Crippen molar-refractivity contribution in [1.29, 1.82) is 0 Å². The molecule has 1 N–H and O–H groups in total. The summed E-state index contributed by atoms with van der Waals surface area (Å²) in [6.45, 7) is 5.05. The van der Waals surface area contributed by atoms with Gasteiger partial charge in [-0.25, -0.2) is 0 Å². The van der Waals surface area contributed by atoms with Crippen LogP contribution in [0.4, 0.5) is 5.69 Å². The van der Waals surface area contributed by atoms with Crippen molar-refractivity contribution in [3.05, 3.63) is 59.7 Å². The number of piperazine rings is 1. The van der Waals surface area contributed by atoms with E-state index in [1.807, 2.05) is 24.3 Å². The summed E-state index contributed by atoms with van der Waals surface area (Å²) >= 11 is 0. The molecule has 1 aliphatic heterocycles. The van der Waals surface area contributed by atoms with Gasteiger partial charge >= 0.3 is 0 Å². The molecule has 0 radical (unpaired) electrons. The standard InChI is InChI=1S/C24H31N3O2/c1-29-21-11-9-20(10-12-21)25-24(28)13-14-26-15-17-27(18-16-26)23-8-4-6-19-5-2-3-7-22(19)23/h2-3,5,7,9-12,23H,4,6,8,13-18H2,1H3,(H,25,28). The molecule has 1 unspecified atom stereocenters. The van der Waals surface area contributed by atoms with E-state index in [1.165, 1.54) is 30.4 Å². The number of rotatable bonds is 6. The molecule has 4 rings (SSSR count). The second-order valence-corrected chi connectivity index (χ2v) is 8.01. The van der Waals surface area contributed by atoms with Gasteiger partial charge in [-0.05, 0) is 54.7 Å². The molecule has 0 aromatic heterocycles. The number of benzene rings is 2. The molecular weight excluding hydrogens is 362 g/mol. The van der Waals surface area contributed by atoms with E-state index in [9.17, 15) is 4.79 Å². The lowest BCUT2D eigenvalue weighted by atomic mass is 9.86. The summed E-state index contributed by atoms with van der Waals surface area (Å²) in [4.78, 5) is 17.3. The molecular formula is C24H31N3O2. The van der Waals surface area contributed by atoms with E-state index in [0.717, 1.165) is 44.2 Å². The number of fused-ring (bicyclic) bond motifs is 1. The summed E-state index contributed by atoms with van der Waals surface area (Å²) in [5, 5.41) is 2.97. The maximum Gasteiger partial charge on any atom is 0.225 e. The molecule has 1 atom stereocenters. The number of carbonyl (C=O) groups is 1. The van der Waals surface area contributed by atoms with E-state index < -0.39 is 0 Å². The predicted octanol–water partition coefficient (Wildman–Crippen LogP) is 3.72. The monoisotopic (exact) mass is 393 g/mol. The fourth-order valence-corrected chi connectivity index (χ4v) is 4.56. The molecule has 0 bridgehead atoms. The van der Waals surface area contributed by atoms with Gasteiger partial charge < -0.3 is 15.0 Å². The largest absolute Gasteiger partial charge is 0.497 e. The van der Waals surface area contributed by atoms with E-state index in [4.69, 9.17) is 4.74 Å². The SMILES string of the molecule is COc1ccc(NC(=O)CCN2CCN(C3CCCc4ccccc43)CC2)cc1. The third-order valence-corrected chi connectivity index (χ3v) is 6.21. The van der Waals surface area contributed by atoms with Crippen LogP contribution in [0, 0.1) is 0 Å². The Bertz CT molecular complexity index is 813. The van der Waals surface area contributed by atoms with Crippen LogP contribution in [0.25, 0.3) is 0 Å². The topological polar surface area (TPSA) is 44.8 Å². The van der Waals surface area contributed by atoms with Crippen molar-refractivity contribution in [2.24, 2.45) is 0 Å². The van der Waals surface area contributed by atoms with Crippen LogP contribution >= 0.6 is 0 Å². The molecule has 1 amide bonds. The van der Waals surface area contributed by atoms with Gasteiger partial charge in [0, 0.05) is 50.9 Å². The average molecular weight is 394 g/mol. The molecule has 5 heteroatoms. The number of carbonyl (C=O) groups excluding carboxylic acids is 1. The Balaban J connectivity index is 1.23. The molecule has 1 heterocycles. The first-order valence-corrected chi connectivity index (χ1v) is 10.7. The van der Waals surface area contributed by atoms with Gasteiger partial charge in [0.2, 0.25) is 5.91 Å². The van der Waals surface area contributed by atoms with Crippen molar-refractivity contribution in [2.45, 2.75) is 31.7 Å². The van der Waals surface area contributed by atoms with Gasteiger partial charge in [-0.2, -0.15) is 0 Å². The number of anilines is 1. The fourth-order valence-electron chi connectivity index (χ4n) is 4.56. The highest BCUT2D eigenvalue weighted by atomic mass is 16.5. The molecule has 1 aliphatic carbocycles. The zero-order chi connectivity index (χ0) is 20.1. The minimum absolute atomic E-state index is 0.0683. The lowest BCUT2D eigenvalue weighted by molar-refractivity contribution is -0.116. The van der Waals surface area contributed by atoms with Crippen LogP contribution in [-0.4, -0.2) is 55.5 Å². The van der Waals surface area contributed by atoms with Crippen LogP contribution in [0.3, 0.4) is 0 Å². The van der Waals surface area contributed by atoms with Gasteiger partial charge in [-0.3, -0.25) is 9.69 Å². The van der Waals surface area contributed by atoms with Crippen molar-refractivity contribution < 1.29 is 9.53 Å². The van der Waals surface area contributed by atoms with Crippen LogP contribution in [0.1, 0.15) is 36.4 Å². The molecule has 0 spiro atoms. The highest BCUT2D eigenvalue weighted by Crippen LogP contribution is 2.34. The normalized spacial score (nSPS) is 20.1. The number of hydrogen-bond acceptors (Lipinski definition) is 4. The molecule has 1 saturated heterocycles. The second-order valence-electron chi connectivity index (χ2n) is 8.01. The number of nitrogens with one attached hydrogen (secondary N) is 1. The van der Waals surface area contributed by atoms with Crippen molar-refractivity contribution in [3.8, 4) is 5.75 Å². The summed E-state index contributed by atoms with van der Waals surface area (Å²) in [6, 6.07) is 17.0. The van der Waals surface area contributed by atoms with E-state index in [0.29, 0.717) is 12.5 Å². The molecule has 5 nitrogen and oxygen atoms in total. The lowest BCUT2D eigenvalue weighted by Gasteiger charge is -2.41. The van der Waals surface area contributed by atoms with Gasteiger partial charge in [0.1, 0.15) is 5.75 Å². The van der Waals surface area contributed by atoms with Crippen molar-refractivity contribution in [2.75, 3.05) is 45.2 Å². The number of ether oxygens (including phenoxy) is 1. The van der Waals surface area contributed by atoms with Crippen LogP contribution in [0.5, 0.6) is 5.75 Å². The zero-order valence-electron chi connectivity index (χ0n) is 17.3. The quantitative estimate of drug-likeness (QED) is 0.812. The maximum atomic E-state index is 12.3. The Labute approximate surface area is 173 Å². The minimum atomic E-state index is 0.0683. The van der Waals surface area contributed by atoms with E-state index in [2.05, 4.69) is 39.4 Å². The van der Waals surface area contributed by atoms with Gasteiger partial charge in [0.25, 0.3) is 0 Å². The first kappa shape index (κ1) is 19.9. The third kappa shape index (κ3) is 4.98. The van der Waals surface area contributed by atoms with Crippen LogP contribution in [0.2, 0.25) is 0 Å². The minimum Gasteiger partial charge on any atom is -0.497 e.